The Bertz CT molecular complexity index is 1410. The van der Waals surface area contributed by atoms with Crippen molar-refractivity contribution in [3.8, 4) is 16.9 Å². The largest absolute Gasteiger partial charge is 0.495 e. The maximum atomic E-state index is 13.4. The van der Waals surface area contributed by atoms with Crippen molar-refractivity contribution in [2.75, 3.05) is 7.11 Å². The topological polar surface area (TPSA) is 200 Å². The second-order valence-electron chi connectivity index (χ2n) is 12.3. The number of rotatable bonds is 25. The van der Waals surface area contributed by atoms with E-state index in [1.165, 1.54) is 19.6 Å². The lowest BCUT2D eigenvalue weighted by molar-refractivity contribution is -0.172. The molecule has 3 unspecified atom stereocenters. The number of methoxy groups -OCH3 is 1. The van der Waals surface area contributed by atoms with E-state index in [2.05, 4.69) is 17.2 Å². The van der Waals surface area contributed by atoms with Gasteiger partial charge in [-0.05, 0) is 42.9 Å². The third-order valence-electron chi connectivity index (χ3n) is 8.34. The van der Waals surface area contributed by atoms with Gasteiger partial charge in [-0.2, -0.15) is 0 Å². The van der Waals surface area contributed by atoms with E-state index in [1.807, 2.05) is 0 Å². The number of aliphatic carboxylic acids is 3. The number of pyridine rings is 1. The van der Waals surface area contributed by atoms with Crippen molar-refractivity contribution in [2.24, 2.45) is 5.92 Å². The third-order valence-corrected chi connectivity index (χ3v) is 8.34. The first-order valence-electron chi connectivity index (χ1n) is 16.9. The van der Waals surface area contributed by atoms with Gasteiger partial charge in [0.25, 0.3) is 0 Å². The van der Waals surface area contributed by atoms with E-state index in [0.29, 0.717) is 37.0 Å². The highest BCUT2D eigenvalue weighted by molar-refractivity contribution is 5.94. The summed E-state index contributed by atoms with van der Waals surface area (Å²) >= 11 is 0. The summed E-state index contributed by atoms with van der Waals surface area (Å²) in [4.78, 5) is 65.3. The number of aromatic nitrogens is 1. The van der Waals surface area contributed by atoms with Crippen LogP contribution in [-0.4, -0.2) is 73.8 Å². The van der Waals surface area contributed by atoms with E-state index in [-0.39, 0.29) is 12.2 Å². The number of Topliss-reactive ketones (excluding diaryl/α,β-unsaturated/α-hetero) is 1. The summed E-state index contributed by atoms with van der Waals surface area (Å²) in [6.45, 7) is 2.15. The summed E-state index contributed by atoms with van der Waals surface area (Å²) in [6.07, 6.45) is 14.4. The van der Waals surface area contributed by atoms with Crippen molar-refractivity contribution in [2.45, 2.75) is 108 Å². The molecule has 0 bridgehead atoms. The Hall–Kier alpha value is -4.58. The van der Waals surface area contributed by atoms with E-state index in [1.54, 1.807) is 42.7 Å². The molecule has 0 saturated heterocycles. The molecule has 0 aliphatic rings. The van der Waals surface area contributed by atoms with Gasteiger partial charge in [-0.15, -0.1) is 0 Å². The maximum absolute atomic E-state index is 13.4. The molecule has 0 aliphatic carbocycles. The highest BCUT2D eigenvalue weighted by atomic mass is 16.5. The van der Waals surface area contributed by atoms with Crippen LogP contribution in [-0.2, 0) is 30.4 Å². The molecular weight excluding hydrogens is 632 g/mol. The fraction of sp³-hybridized carbons (Fsp3) is 0.514. The number of ether oxygens (including phenoxy) is 1. The van der Waals surface area contributed by atoms with Crippen molar-refractivity contribution in [1.29, 1.82) is 0 Å². The fourth-order valence-electron chi connectivity index (χ4n) is 5.45. The van der Waals surface area contributed by atoms with E-state index in [9.17, 15) is 44.4 Å². The quantitative estimate of drug-likeness (QED) is 0.0645. The average Bonchev–Trinajstić information content (AvgIpc) is 3.06. The van der Waals surface area contributed by atoms with Crippen LogP contribution in [0.1, 0.15) is 96.0 Å². The van der Waals surface area contributed by atoms with Crippen molar-refractivity contribution >= 4 is 29.6 Å². The van der Waals surface area contributed by atoms with Gasteiger partial charge in [0.05, 0.1) is 25.6 Å². The second-order valence-corrected chi connectivity index (χ2v) is 12.3. The van der Waals surface area contributed by atoms with Gasteiger partial charge in [0.15, 0.2) is 5.60 Å². The number of hydrogen-bond donors (Lipinski definition) is 5. The molecule has 1 amide bonds. The number of carbonyl (C=O) groups is 5. The molecular formula is C37H50N2O10. The first-order valence-corrected chi connectivity index (χ1v) is 16.9. The van der Waals surface area contributed by atoms with Gasteiger partial charge < -0.3 is 30.5 Å². The molecule has 2 rings (SSSR count). The van der Waals surface area contributed by atoms with Gasteiger partial charge in [0, 0.05) is 31.0 Å². The molecule has 12 heteroatoms. The van der Waals surface area contributed by atoms with E-state index in [4.69, 9.17) is 4.74 Å². The first-order chi connectivity index (χ1) is 23.4. The molecule has 0 saturated carbocycles. The van der Waals surface area contributed by atoms with Crippen LogP contribution in [0.3, 0.4) is 0 Å². The molecule has 268 valence electrons. The summed E-state index contributed by atoms with van der Waals surface area (Å²) in [5.74, 6) is -7.17. The van der Waals surface area contributed by atoms with Crippen LogP contribution in [0.2, 0.25) is 0 Å². The van der Waals surface area contributed by atoms with Crippen LogP contribution in [0.15, 0.2) is 54.9 Å². The molecule has 1 heterocycles. The number of benzene rings is 1. The van der Waals surface area contributed by atoms with Crippen LogP contribution in [0, 0.1) is 5.92 Å². The molecule has 0 aliphatic heterocycles. The molecule has 3 atom stereocenters. The van der Waals surface area contributed by atoms with Gasteiger partial charge in [0.2, 0.25) is 5.91 Å². The Kier molecular flexibility index (Phi) is 17.7. The van der Waals surface area contributed by atoms with Crippen LogP contribution >= 0.6 is 0 Å². The Morgan fingerprint density at radius 1 is 0.878 bits per heavy atom. The zero-order valence-electron chi connectivity index (χ0n) is 28.4. The van der Waals surface area contributed by atoms with Crippen molar-refractivity contribution in [3.63, 3.8) is 0 Å². The number of nitrogens with one attached hydrogen (secondary N) is 1. The molecule has 1 aromatic carbocycles. The van der Waals surface area contributed by atoms with Gasteiger partial charge in [-0.3, -0.25) is 19.4 Å². The lowest BCUT2D eigenvalue weighted by Gasteiger charge is -2.29. The normalized spacial score (nSPS) is 13.7. The van der Waals surface area contributed by atoms with Crippen LogP contribution < -0.4 is 10.1 Å². The lowest BCUT2D eigenvalue weighted by atomic mass is 9.82. The molecule has 12 nitrogen and oxygen atoms in total. The number of nitrogens with zero attached hydrogens (tertiary/aromatic N) is 1. The van der Waals surface area contributed by atoms with Crippen molar-refractivity contribution in [3.05, 3.63) is 60.4 Å². The number of carboxylic acids is 3. The average molecular weight is 683 g/mol. The molecule has 5 N–H and O–H groups in total. The van der Waals surface area contributed by atoms with Crippen LogP contribution in [0.25, 0.3) is 11.1 Å². The number of carbonyl (C=O) groups excluding carboxylic acids is 2. The highest BCUT2D eigenvalue weighted by Crippen LogP contribution is 2.26. The smallest absolute Gasteiger partial charge is 0.337 e. The summed E-state index contributed by atoms with van der Waals surface area (Å²) in [6, 6.07) is 7.14. The molecule has 49 heavy (non-hydrogen) atoms. The number of amides is 1. The number of unbranched alkanes of at least 4 members (excludes halogenated alkanes) is 8. The van der Waals surface area contributed by atoms with E-state index < -0.39 is 47.8 Å². The molecule has 1 aromatic heterocycles. The summed E-state index contributed by atoms with van der Waals surface area (Å²) in [5.41, 5.74) is -0.919. The van der Waals surface area contributed by atoms with E-state index in [0.717, 1.165) is 62.1 Å². The summed E-state index contributed by atoms with van der Waals surface area (Å²) in [5, 5.41) is 42.3. The first kappa shape index (κ1) is 40.6. The van der Waals surface area contributed by atoms with Gasteiger partial charge >= 0.3 is 17.9 Å². The maximum Gasteiger partial charge on any atom is 0.337 e. The summed E-state index contributed by atoms with van der Waals surface area (Å²) < 4.78 is 5.20. The van der Waals surface area contributed by atoms with Crippen LogP contribution in [0.4, 0.5) is 0 Å². The Labute approximate surface area is 287 Å². The Morgan fingerprint density at radius 2 is 1.51 bits per heavy atom. The zero-order valence-corrected chi connectivity index (χ0v) is 28.4. The van der Waals surface area contributed by atoms with Crippen molar-refractivity contribution in [1.82, 2.24) is 10.3 Å². The van der Waals surface area contributed by atoms with E-state index >= 15 is 0 Å². The molecule has 0 radical (unpaired) electrons. The Morgan fingerprint density at radius 3 is 2.08 bits per heavy atom. The third kappa shape index (κ3) is 14.2. The predicted molar refractivity (Wildman–Crippen MR) is 183 cm³/mol. The van der Waals surface area contributed by atoms with Gasteiger partial charge in [-0.25, -0.2) is 9.59 Å². The Balaban J connectivity index is 2.04. The van der Waals surface area contributed by atoms with Gasteiger partial charge in [0.1, 0.15) is 17.6 Å². The number of carboxylic acid groups (broad SMARTS) is 3. The minimum atomic E-state index is -3.03. The fourth-order valence-corrected chi connectivity index (χ4v) is 5.45. The molecule has 2 aromatic rings. The molecule has 0 fully saturated rings. The number of aliphatic hydroxyl groups is 1. The number of hydrogen-bond acceptors (Lipinski definition) is 8. The second kappa shape index (κ2) is 21.4. The highest BCUT2D eigenvalue weighted by Gasteiger charge is 2.49. The van der Waals surface area contributed by atoms with Gasteiger partial charge in [-0.1, -0.05) is 81.9 Å². The summed E-state index contributed by atoms with van der Waals surface area (Å²) in [7, 11) is 1.52. The minimum absolute atomic E-state index is 0.167. The zero-order chi connectivity index (χ0) is 36.2. The minimum Gasteiger partial charge on any atom is -0.495 e. The number of ketones is 1. The molecule has 0 spiro atoms. The van der Waals surface area contributed by atoms with Crippen LogP contribution in [0.5, 0.6) is 5.75 Å². The standard InChI is InChI=1S/C37H50N2O10/c1-3-4-5-8-11-14-29(40)15-12-9-6-7-10-13-16-31(37(48,36(46)47)23-33(41)42)34(43)39-32(35(44)45)21-26-17-19-27(20-18-26)28-22-30(49-2)25-38-24-28/h13,16-20,22,24-25,31-32,48H,3-12,14-15,21,23H2,1-2H3,(H,39,43)(H,41,42)(H,44,45)(H,46,47)/b16-13+. The monoisotopic (exact) mass is 682 g/mol. The lowest BCUT2D eigenvalue weighted by Crippen LogP contribution is -2.55. The van der Waals surface area contributed by atoms with Crippen molar-refractivity contribution < 1.29 is 49.1 Å². The SMILES string of the molecule is CCCCCCCC(=O)CCCCCC/C=C/C(C(=O)NC(Cc1ccc(-c2cncc(OC)c2)cc1)C(=O)O)C(O)(CC(=O)O)C(=O)O. The predicted octanol–water partition coefficient (Wildman–Crippen LogP) is 5.60. The number of allylic oxidation sites excluding steroid dienone is 1.